The van der Waals surface area contributed by atoms with Gasteiger partial charge in [0.25, 0.3) is 5.91 Å². The van der Waals surface area contributed by atoms with Gasteiger partial charge in [0, 0.05) is 37.1 Å². The Kier molecular flexibility index (Phi) is 9.13. The molecule has 1 aromatic heterocycles. The summed E-state index contributed by atoms with van der Waals surface area (Å²) in [4.78, 5) is 32.2. The Morgan fingerprint density at radius 3 is 2.56 bits per heavy atom. The predicted octanol–water partition coefficient (Wildman–Crippen LogP) is 3.53. The quantitative estimate of drug-likeness (QED) is 0.482. The first kappa shape index (κ1) is 25.9. The fourth-order valence-electron chi connectivity index (χ4n) is 4.98. The molecule has 2 aromatic rings. The minimum absolute atomic E-state index is 0.0418. The van der Waals surface area contributed by atoms with E-state index in [1.807, 2.05) is 31.2 Å². The molecule has 9 nitrogen and oxygen atoms in total. The summed E-state index contributed by atoms with van der Waals surface area (Å²) in [6.45, 7) is 5.96. The number of hydrogen-bond acceptors (Lipinski definition) is 8. The molecule has 0 atom stereocenters. The lowest BCUT2D eigenvalue weighted by Crippen LogP contribution is -2.59. The number of pyridine rings is 1. The normalized spacial score (nSPS) is 17.7. The zero-order valence-electron chi connectivity index (χ0n) is 21.0. The highest BCUT2D eigenvalue weighted by molar-refractivity contribution is 5.96. The molecule has 0 unspecified atom stereocenters. The third-order valence-electron chi connectivity index (χ3n) is 6.87. The molecule has 1 saturated carbocycles. The Bertz CT molecular complexity index is 1000. The van der Waals surface area contributed by atoms with Crippen LogP contribution in [0, 0.1) is 0 Å². The number of hydrogen-bond donors (Lipinski definition) is 2. The molecule has 0 bridgehead atoms. The van der Waals surface area contributed by atoms with Crippen molar-refractivity contribution >= 4 is 23.4 Å². The van der Waals surface area contributed by atoms with E-state index in [9.17, 15) is 9.59 Å². The van der Waals surface area contributed by atoms with Crippen molar-refractivity contribution in [3.63, 3.8) is 0 Å². The van der Waals surface area contributed by atoms with Crippen molar-refractivity contribution in [3.8, 4) is 5.75 Å². The molecule has 1 aliphatic carbocycles. The minimum Gasteiger partial charge on any atom is -0.494 e. The van der Waals surface area contributed by atoms with Crippen LogP contribution in [0.15, 0.2) is 42.6 Å². The highest BCUT2D eigenvalue weighted by Gasteiger charge is 2.38. The maximum atomic E-state index is 12.8. The van der Waals surface area contributed by atoms with Gasteiger partial charge in [-0.3, -0.25) is 9.69 Å². The molecule has 2 heterocycles. The number of nitrogens with zero attached hydrogens (tertiary/aromatic N) is 2. The second kappa shape index (κ2) is 12.7. The van der Waals surface area contributed by atoms with Crippen LogP contribution in [0.1, 0.15) is 49.4 Å². The summed E-state index contributed by atoms with van der Waals surface area (Å²) in [7, 11) is 0. The highest BCUT2D eigenvalue weighted by atomic mass is 16.5. The predicted molar refractivity (Wildman–Crippen MR) is 137 cm³/mol. The first-order valence-electron chi connectivity index (χ1n) is 12.8. The van der Waals surface area contributed by atoms with E-state index in [2.05, 4.69) is 20.5 Å². The van der Waals surface area contributed by atoms with E-state index in [0.717, 1.165) is 63.4 Å². The zero-order valence-corrected chi connectivity index (χ0v) is 21.0. The van der Waals surface area contributed by atoms with Crippen molar-refractivity contribution in [1.82, 2.24) is 15.2 Å². The highest BCUT2D eigenvalue weighted by Crippen LogP contribution is 2.34. The van der Waals surface area contributed by atoms with Gasteiger partial charge in [0.2, 0.25) is 0 Å². The minimum atomic E-state index is -0.604. The van der Waals surface area contributed by atoms with Crippen molar-refractivity contribution in [1.29, 1.82) is 0 Å². The van der Waals surface area contributed by atoms with Crippen molar-refractivity contribution in [2.24, 2.45) is 0 Å². The number of carbonyl (C=O) groups is 2. The number of rotatable bonds is 10. The van der Waals surface area contributed by atoms with Crippen molar-refractivity contribution in [2.75, 3.05) is 51.4 Å². The van der Waals surface area contributed by atoms with Gasteiger partial charge >= 0.3 is 5.97 Å². The number of benzene rings is 1. The summed E-state index contributed by atoms with van der Waals surface area (Å²) in [6, 6.07) is 10.7. The molecule has 194 valence electrons. The lowest BCUT2D eigenvalue weighted by molar-refractivity contribution is -0.125. The molecular formula is C27H36N4O5. The molecule has 0 radical (unpaired) electrons. The smallest absolute Gasteiger partial charge is 0.342 e. The second-order valence-electron chi connectivity index (χ2n) is 9.22. The Labute approximate surface area is 212 Å². The molecule has 1 amide bonds. The summed E-state index contributed by atoms with van der Waals surface area (Å²) >= 11 is 0. The Morgan fingerprint density at radius 1 is 1.08 bits per heavy atom. The fourth-order valence-corrected chi connectivity index (χ4v) is 4.98. The third kappa shape index (κ3) is 6.73. The summed E-state index contributed by atoms with van der Waals surface area (Å²) < 4.78 is 16.3. The van der Waals surface area contributed by atoms with E-state index in [1.54, 1.807) is 18.3 Å². The molecular weight excluding hydrogens is 460 g/mol. The molecule has 1 saturated heterocycles. The van der Waals surface area contributed by atoms with E-state index in [4.69, 9.17) is 14.2 Å². The van der Waals surface area contributed by atoms with Crippen LogP contribution in [0.2, 0.25) is 0 Å². The largest absolute Gasteiger partial charge is 0.494 e. The molecule has 2 fully saturated rings. The van der Waals surface area contributed by atoms with Crippen molar-refractivity contribution in [2.45, 2.75) is 44.6 Å². The number of amides is 1. The zero-order chi connectivity index (χ0) is 25.2. The SMILES string of the molecule is CCOc1ccc(Nc2ncccc2C(=O)OCC(=O)NCC2(N3CCOCC3)CCCCC2)cc1. The van der Waals surface area contributed by atoms with Crippen LogP contribution in [-0.4, -0.2) is 73.4 Å². The second-order valence-corrected chi connectivity index (χ2v) is 9.22. The van der Waals surface area contributed by atoms with Gasteiger partial charge in [0.05, 0.1) is 19.8 Å². The van der Waals surface area contributed by atoms with Gasteiger partial charge < -0.3 is 24.8 Å². The first-order chi connectivity index (χ1) is 17.6. The number of morpholine rings is 1. The molecule has 36 heavy (non-hydrogen) atoms. The lowest BCUT2D eigenvalue weighted by atomic mass is 9.79. The van der Waals surface area contributed by atoms with E-state index >= 15 is 0 Å². The van der Waals surface area contributed by atoms with Gasteiger partial charge in [-0.2, -0.15) is 0 Å². The molecule has 4 rings (SSSR count). The summed E-state index contributed by atoms with van der Waals surface area (Å²) in [6.07, 6.45) is 7.26. The van der Waals surface area contributed by atoms with Gasteiger partial charge in [0.1, 0.15) is 17.1 Å². The van der Waals surface area contributed by atoms with E-state index in [1.165, 1.54) is 6.42 Å². The van der Waals surface area contributed by atoms with Crippen LogP contribution in [0.4, 0.5) is 11.5 Å². The van der Waals surface area contributed by atoms with Crippen LogP contribution >= 0.6 is 0 Å². The number of esters is 1. The lowest BCUT2D eigenvalue weighted by Gasteiger charge is -2.48. The topological polar surface area (TPSA) is 102 Å². The average Bonchev–Trinajstić information content (AvgIpc) is 2.93. The van der Waals surface area contributed by atoms with Crippen LogP contribution < -0.4 is 15.4 Å². The number of anilines is 2. The molecule has 2 N–H and O–H groups in total. The van der Waals surface area contributed by atoms with Gasteiger partial charge in [0.15, 0.2) is 6.61 Å². The number of nitrogens with one attached hydrogen (secondary N) is 2. The van der Waals surface area contributed by atoms with Crippen LogP contribution in [0.25, 0.3) is 0 Å². The number of carbonyl (C=O) groups excluding carboxylic acids is 2. The molecule has 1 aliphatic heterocycles. The van der Waals surface area contributed by atoms with Gasteiger partial charge in [-0.15, -0.1) is 0 Å². The Balaban J connectivity index is 1.31. The van der Waals surface area contributed by atoms with Crippen LogP contribution in [-0.2, 0) is 14.3 Å². The van der Waals surface area contributed by atoms with Gasteiger partial charge in [-0.05, 0) is 56.2 Å². The molecule has 2 aliphatic rings. The average molecular weight is 497 g/mol. The third-order valence-corrected chi connectivity index (χ3v) is 6.87. The summed E-state index contributed by atoms with van der Waals surface area (Å²) in [5, 5.41) is 6.16. The Hall–Kier alpha value is -3.17. The van der Waals surface area contributed by atoms with Gasteiger partial charge in [-0.25, -0.2) is 9.78 Å². The molecule has 1 aromatic carbocycles. The molecule has 9 heteroatoms. The summed E-state index contributed by atoms with van der Waals surface area (Å²) in [5.74, 6) is 0.220. The monoisotopic (exact) mass is 496 g/mol. The van der Waals surface area contributed by atoms with Gasteiger partial charge in [-0.1, -0.05) is 19.3 Å². The standard InChI is InChI=1S/C27H36N4O5/c1-2-35-22-10-8-21(9-11-22)30-25-23(7-6-14-28-25)26(33)36-19-24(32)29-20-27(12-4-3-5-13-27)31-15-17-34-18-16-31/h6-11,14H,2-5,12-13,15-20H2,1H3,(H,28,30)(H,29,32). The number of ether oxygens (including phenoxy) is 3. The van der Waals surface area contributed by atoms with Crippen LogP contribution in [0.5, 0.6) is 5.75 Å². The van der Waals surface area contributed by atoms with E-state index < -0.39 is 5.97 Å². The Morgan fingerprint density at radius 2 is 1.83 bits per heavy atom. The number of aromatic nitrogens is 1. The summed E-state index contributed by atoms with van der Waals surface area (Å²) in [5.41, 5.74) is 0.973. The van der Waals surface area contributed by atoms with E-state index in [0.29, 0.717) is 19.0 Å². The molecule has 0 spiro atoms. The van der Waals surface area contributed by atoms with Crippen LogP contribution in [0.3, 0.4) is 0 Å². The first-order valence-corrected chi connectivity index (χ1v) is 12.8. The van der Waals surface area contributed by atoms with E-state index in [-0.39, 0.29) is 23.6 Å². The fraction of sp³-hybridized carbons (Fsp3) is 0.519. The maximum absolute atomic E-state index is 12.8. The van der Waals surface area contributed by atoms with Crippen molar-refractivity contribution < 1.29 is 23.8 Å². The van der Waals surface area contributed by atoms with Crippen molar-refractivity contribution in [3.05, 3.63) is 48.2 Å². The maximum Gasteiger partial charge on any atom is 0.342 e.